The first-order valence-corrected chi connectivity index (χ1v) is 7.74. The van der Waals surface area contributed by atoms with Crippen molar-refractivity contribution in [1.82, 2.24) is 4.90 Å². The summed E-state index contributed by atoms with van der Waals surface area (Å²) in [5.74, 6) is -0.0625. The Labute approximate surface area is 139 Å². The van der Waals surface area contributed by atoms with Gasteiger partial charge in [0.25, 0.3) is 0 Å². The van der Waals surface area contributed by atoms with Crippen LogP contribution < -0.4 is 10.1 Å². The van der Waals surface area contributed by atoms with Gasteiger partial charge in [0.15, 0.2) is 0 Å². The number of hydrogen-bond donors (Lipinski definition) is 1. The zero-order chi connectivity index (χ0) is 16.9. The molecule has 0 saturated heterocycles. The lowest BCUT2D eigenvalue weighted by atomic mass is 10.00. The molecule has 1 heterocycles. The van der Waals surface area contributed by atoms with Gasteiger partial charge in [0.1, 0.15) is 5.75 Å². The molecule has 3 rings (SSSR count). The number of amides is 1. The SMILES string of the molecule is O=C(CN1CCc2ccccc2C1)Nc1ccc(OC(F)F)cc1. The maximum absolute atomic E-state index is 12.2. The van der Waals surface area contributed by atoms with Crippen molar-refractivity contribution >= 4 is 11.6 Å². The quantitative estimate of drug-likeness (QED) is 0.913. The van der Waals surface area contributed by atoms with Gasteiger partial charge in [0.2, 0.25) is 5.91 Å². The molecule has 6 heteroatoms. The molecular formula is C18H18F2N2O2. The highest BCUT2D eigenvalue weighted by Crippen LogP contribution is 2.19. The van der Waals surface area contributed by atoms with E-state index in [1.165, 1.54) is 23.3 Å². The lowest BCUT2D eigenvalue weighted by Crippen LogP contribution is -2.37. The molecule has 0 fully saturated rings. The second kappa shape index (κ2) is 7.40. The lowest BCUT2D eigenvalue weighted by molar-refractivity contribution is -0.117. The predicted octanol–water partition coefficient (Wildman–Crippen LogP) is 3.28. The molecule has 0 saturated carbocycles. The zero-order valence-electron chi connectivity index (χ0n) is 13.0. The molecule has 0 unspecified atom stereocenters. The summed E-state index contributed by atoms with van der Waals surface area (Å²) in [5, 5.41) is 2.77. The van der Waals surface area contributed by atoms with Crippen molar-refractivity contribution in [2.75, 3.05) is 18.4 Å². The molecule has 24 heavy (non-hydrogen) atoms. The number of benzene rings is 2. The summed E-state index contributed by atoms with van der Waals surface area (Å²) in [6.45, 7) is -0.965. The van der Waals surface area contributed by atoms with E-state index in [0.29, 0.717) is 12.2 Å². The minimum absolute atomic E-state index is 0.0654. The second-order valence-corrected chi connectivity index (χ2v) is 5.68. The Bertz CT molecular complexity index is 704. The van der Waals surface area contributed by atoms with Crippen LogP contribution in [0.25, 0.3) is 0 Å². The maximum atomic E-state index is 12.2. The number of ether oxygens (including phenoxy) is 1. The van der Waals surface area contributed by atoms with Gasteiger partial charge < -0.3 is 10.1 Å². The van der Waals surface area contributed by atoms with E-state index in [4.69, 9.17) is 0 Å². The van der Waals surface area contributed by atoms with Crippen molar-refractivity contribution in [2.45, 2.75) is 19.6 Å². The summed E-state index contributed by atoms with van der Waals surface area (Å²) in [7, 11) is 0. The van der Waals surface area contributed by atoms with Crippen molar-refractivity contribution < 1.29 is 18.3 Å². The molecule has 126 valence electrons. The lowest BCUT2D eigenvalue weighted by Gasteiger charge is -2.28. The fraction of sp³-hybridized carbons (Fsp3) is 0.278. The number of carbonyl (C=O) groups excluding carboxylic acids is 1. The second-order valence-electron chi connectivity index (χ2n) is 5.68. The van der Waals surface area contributed by atoms with Crippen LogP contribution in [0.15, 0.2) is 48.5 Å². The van der Waals surface area contributed by atoms with E-state index in [-0.39, 0.29) is 11.7 Å². The molecule has 2 aromatic rings. The zero-order valence-corrected chi connectivity index (χ0v) is 13.0. The predicted molar refractivity (Wildman–Crippen MR) is 87.1 cm³/mol. The monoisotopic (exact) mass is 332 g/mol. The van der Waals surface area contributed by atoms with E-state index in [0.717, 1.165) is 19.5 Å². The summed E-state index contributed by atoms with van der Waals surface area (Å²) >= 11 is 0. The summed E-state index contributed by atoms with van der Waals surface area (Å²) < 4.78 is 28.5. The van der Waals surface area contributed by atoms with Gasteiger partial charge in [0.05, 0.1) is 6.54 Å². The number of nitrogens with one attached hydrogen (secondary N) is 1. The van der Waals surface area contributed by atoms with Crippen molar-refractivity contribution in [1.29, 1.82) is 0 Å². The molecule has 2 aromatic carbocycles. The molecule has 1 aliphatic rings. The van der Waals surface area contributed by atoms with Gasteiger partial charge in [-0.2, -0.15) is 8.78 Å². The summed E-state index contributed by atoms with van der Waals surface area (Å²) in [6.07, 6.45) is 0.934. The van der Waals surface area contributed by atoms with Gasteiger partial charge in [-0.15, -0.1) is 0 Å². The van der Waals surface area contributed by atoms with Gasteiger partial charge in [-0.05, 0) is 41.8 Å². The molecular weight excluding hydrogens is 314 g/mol. The van der Waals surface area contributed by atoms with E-state index in [1.807, 2.05) is 12.1 Å². The largest absolute Gasteiger partial charge is 0.435 e. The smallest absolute Gasteiger partial charge is 0.387 e. The number of hydrogen-bond acceptors (Lipinski definition) is 3. The number of carbonyl (C=O) groups is 1. The average Bonchev–Trinajstić information content (AvgIpc) is 2.56. The van der Waals surface area contributed by atoms with Gasteiger partial charge in [-0.25, -0.2) is 0 Å². The van der Waals surface area contributed by atoms with Gasteiger partial charge in [-0.1, -0.05) is 24.3 Å². The summed E-state index contributed by atoms with van der Waals surface area (Å²) in [6, 6.07) is 14.1. The van der Waals surface area contributed by atoms with E-state index in [2.05, 4.69) is 27.1 Å². The Hall–Kier alpha value is -2.47. The van der Waals surface area contributed by atoms with Gasteiger partial charge >= 0.3 is 6.61 Å². The number of fused-ring (bicyclic) bond motifs is 1. The minimum Gasteiger partial charge on any atom is -0.435 e. The molecule has 0 spiro atoms. The Morgan fingerprint density at radius 2 is 1.83 bits per heavy atom. The number of alkyl halides is 2. The Morgan fingerprint density at radius 1 is 1.12 bits per heavy atom. The molecule has 1 aliphatic heterocycles. The number of nitrogens with zero attached hydrogens (tertiary/aromatic N) is 1. The van der Waals surface area contributed by atoms with Crippen molar-refractivity contribution in [3.05, 3.63) is 59.7 Å². The maximum Gasteiger partial charge on any atom is 0.387 e. The van der Waals surface area contributed by atoms with Crippen LogP contribution >= 0.6 is 0 Å². The van der Waals surface area contributed by atoms with E-state index < -0.39 is 6.61 Å². The third kappa shape index (κ3) is 4.29. The van der Waals surface area contributed by atoms with Crippen LogP contribution in [-0.2, 0) is 17.8 Å². The fourth-order valence-electron chi connectivity index (χ4n) is 2.81. The molecule has 0 aromatic heterocycles. The molecule has 1 amide bonds. The third-order valence-corrected chi connectivity index (χ3v) is 3.94. The van der Waals surface area contributed by atoms with Crippen LogP contribution in [0.1, 0.15) is 11.1 Å². The Balaban J connectivity index is 1.53. The average molecular weight is 332 g/mol. The first-order valence-electron chi connectivity index (χ1n) is 7.74. The topological polar surface area (TPSA) is 41.6 Å². The number of rotatable bonds is 5. The first-order chi connectivity index (χ1) is 11.6. The van der Waals surface area contributed by atoms with Gasteiger partial charge in [-0.3, -0.25) is 9.69 Å². The van der Waals surface area contributed by atoms with Crippen molar-refractivity contribution in [3.8, 4) is 5.75 Å². The van der Waals surface area contributed by atoms with Crippen LogP contribution in [0.4, 0.5) is 14.5 Å². The number of halogens is 2. The molecule has 0 radical (unpaired) electrons. The molecule has 4 nitrogen and oxygen atoms in total. The Kier molecular flexibility index (Phi) is 5.05. The minimum atomic E-state index is -2.85. The summed E-state index contributed by atoms with van der Waals surface area (Å²) in [5.41, 5.74) is 3.15. The van der Waals surface area contributed by atoms with Crippen molar-refractivity contribution in [2.24, 2.45) is 0 Å². The van der Waals surface area contributed by atoms with Gasteiger partial charge in [0, 0.05) is 18.8 Å². The molecule has 0 atom stereocenters. The van der Waals surface area contributed by atoms with E-state index in [1.54, 1.807) is 12.1 Å². The van der Waals surface area contributed by atoms with Crippen LogP contribution in [0.3, 0.4) is 0 Å². The van der Waals surface area contributed by atoms with Crippen LogP contribution in [-0.4, -0.2) is 30.5 Å². The molecule has 1 N–H and O–H groups in total. The molecule has 0 aliphatic carbocycles. The highest BCUT2D eigenvalue weighted by Gasteiger charge is 2.18. The highest BCUT2D eigenvalue weighted by atomic mass is 19.3. The van der Waals surface area contributed by atoms with Crippen molar-refractivity contribution in [3.63, 3.8) is 0 Å². The van der Waals surface area contributed by atoms with Crippen LogP contribution in [0.5, 0.6) is 5.75 Å². The normalized spacial score (nSPS) is 14.3. The molecule has 0 bridgehead atoms. The fourth-order valence-corrected chi connectivity index (χ4v) is 2.81. The number of anilines is 1. The van der Waals surface area contributed by atoms with E-state index >= 15 is 0 Å². The highest BCUT2D eigenvalue weighted by molar-refractivity contribution is 5.92. The van der Waals surface area contributed by atoms with E-state index in [9.17, 15) is 13.6 Å². The van der Waals surface area contributed by atoms with Crippen LogP contribution in [0.2, 0.25) is 0 Å². The standard InChI is InChI=1S/C18H18F2N2O2/c19-18(20)24-16-7-5-15(6-8-16)21-17(23)12-22-10-9-13-3-1-2-4-14(13)11-22/h1-8,18H,9-12H2,(H,21,23). The third-order valence-electron chi connectivity index (χ3n) is 3.94. The van der Waals surface area contributed by atoms with Crippen LogP contribution in [0, 0.1) is 0 Å². The Morgan fingerprint density at radius 3 is 2.54 bits per heavy atom. The first kappa shape index (κ1) is 16.4. The summed E-state index contributed by atoms with van der Waals surface area (Å²) in [4.78, 5) is 14.2.